The van der Waals surface area contributed by atoms with Crippen molar-refractivity contribution in [1.29, 1.82) is 0 Å². The van der Waals surface area contributed by atoms with Gasteiger partial charge in [0.1, 0.15) is 106 Å². The molecule has 0 spiro atoms. The van der Waals surface area contributed by atoms with Crippen LogP contribution in [0.15, 0.2) is 34.9 Å². The summed E-state index contributed by atoms with van der Waals surface area (Å²) in [5, 5.41) is 48.6. The lowest BCUT2D eigenvalue weighted by atomic mass is 9.93. The molecular formula is C61H120BN2O31P4S-3. The minimum absolute atomic E-state index is 0. The Labute approximate surface area is 599 Å². The number of hydrogen-bond acceptors (Lipinski definition) is 33. The molecule has 12 unspecified atom stereocenters. The maximum Gasteiger partial charge on any atom is 0.411 e. The van der Waals surface area contributed by atoms with E-state index in [-0.39, 0.29) is 90.6 Å². The van der Waals surface area contributed by atoms with Gasteiger partial charge >= 0.3 is 7.60 Å². The van der Waals surface area contributed by atoms with Crippen LogP contribution in [0.5, 0.6) is 0 Å². The molecule has 5 saturated heterocycles. The predicted octanol–water partition coefficient (Wildman–Crippen LogP) is 4.06. The van der Waals surface area contributed by atoms with Crippen molar-refractivity contribution in [1.82, 2.24) is 0 Å². The molecule has 24 atom stereocenters. The second kappa shape index (κ2) is 52.8. The van der Waals surface area contributed by atoms with Gasteiger partial charge in [0.15, 0.2) is 5.44 Å². The molecule has 0 aliphatic carbocycles. The first kappa shape index (κ1) is 103. The summed E-state index contributed by atoms with van der Waals surface area (Å²) in [5.74, 6) is 0. The average Bonchev–Trinajstić information content (AvgIpc) is 1.68. The van der Waals surface area contributed by atoms with E-state index in [1.807, 2.05) is 55.4 Å². The van der Waals surface area contributed by atoms with Crippen LogP contribution < -0.4 is 26.1 Å². The quantitative estimate of drug-likeness (QED) is 0.0112. The Kier molecular flexibility index (Phi) is 54.5. The molecule has 592 valence electrons. The molecule has 5 aliphatic rings. The molecular weight excluding hydrogens is 1420 g/mol. The van der Waals surface area contributed by atoms with E-state index in [2.05, 4.69) is 43.2 Å². The van der Waals surface area contributed by atoms with Crippen molar-refractivity contribution < 1.29 is 148 Å². The van der Waals surface area contributed by atoms with Gasteiger partial charge < -0.3 is 135 Å². The Balaban J connectivity index is -0.00000120. The van der Waals surface area contributed by atoms with Gasteiger partial charge in [-0.05, 0) is 126 Å². The van der Waals surface area contributed by atoms with Crippen LogP contribution >= 0.6 is 30.0 Å². The highest BCUT2D eigenvalue weighted by atomic mass is 32.5. The highest BCUT2D eigenvalue weighted by Crippen LogP contribution is 2.51. The van der Waals surface area contributed by atoms with Gasteiger partial charge in [-0.25, -0.2) is 9.82 Å². The fourth-order valence-electron chi connectivity index (χ4n) is 9.57. The van der Waals surface area contributed by atoms with Gasteiger partial charge in [-0.3, -0.25) is 9.13 Å². The molecule has 0 saturated carbocycles. The normalized spacial score (nSPS) is 32.0. The molecule has 10 N–H and O–H groups in total. The van der Waals surface area contributed by atoms with Crippen LogP contribution in [0.25, 0.3) is 0 Å². The predicted molar refractivity (Wildman–Crippen MR) is 369 cm³/mol. The van der Waals surface area contributed by atoms with E-state index < -0.39 is 139 Å². The van der Waals surface area contributed by atoms with E-state index in [0.717, 1.165) is 26.4 Å². The topological polar surface area (TPSA) is 469 Å². The summed E-state index contributed by atoms with van der Waals surface area (Å²) < 4.78 is 131. The number of unbranched alkanes of at least 4 members (excludes halogenated alkanes) is 3. The van der Waals surface area contributed by atoms with E-state index in [9.17, 15) is 48.8 Å². The van der Waals surface area contributed by atoms with Crippen LogP contribution in [0.2, 0.25) is 0 Å². The molecule has 0 aromatic rings. The van der Waals surface area contributed by atoms with E-state index in [0.29, 0.717) is 19.6 Å². The SMILES string of the molecule is C.C.C=C=C=C=C=C(N)P(=O)(OC)OO.CC.CC(C)OC[C@H]1O[C@@H](C)C(O)[C@H]1OP([O-])(=S)OC[C@H]1O[C@@H](C)C(O)[C@H]1OC(C)C.CC(C)O[C@@H]1C(O)[C@H](C)O[C@@H]1COP(=O)([O-])O.CC(C)O[C@@H]1C(O)[C@H](C)O[C@@H]1COP(=O)([O-])OCCCCCCN.[B]C1OC(COC)C(OC)C1OC. The van der Waals surface area contributed by atoms with Crippen molar-refractivity contribution in [3.8, 4) is 0 Å². The van der Waals surface area contributed by atoms with Crippen LogP contribution in [0.1, 0.15) is 137 Å². The van der Waals surface area contributed by atoms with Gasteiger partial charge in [-0.1, -0.05) is 59.1 Å². The number of aliphatic hydroxyl groups excluding tert-OH is 4. The first-order chi connectivity index (χ1) is 45.7. The van der Waals surface area contributed by atoms with E-state index in [1.54, 1.807) is 62.9 Å². The number of phosphoric ester groups is 2. The summed E-state index contributed by atoms with van der Waals surface area (Å²) in [6.07, 6.45) is -8.54. The van der Waals surface area contributed by atoms with Crippen molar-refractivity contribution in [3.05, 3.63) is 34.9 Å². The van der Waals surface area contributed by atoms with Gasteiger partial charge in [0.05, 0.1) is 88.5 Å². The van der Waals surface area contributed by atoms with Crippen molar-refractivity contribution in [3.63, 3.8) is 0 Å². The number of phosphoric acid groups is 2. The molecule has 5 fully saturated rings. The smallest absolute Gasteiger partial charge is 0.411 e. The second-order valence-corrected chi connectivity index (χ2v) is 30.7. The van der Waals surface area contributed by atoms with E-state index >= 15 is 0 Å². The van der Waals surface area contributed by atoms with Crippen LogP contribution in [0, 0.1) is 0 Å². The van der Waals surface area contributed by atoms with Crippen LogP contribution in [-0.2, 0) is 114 Å². The van der Waals surface area contributed by atoms with Gasteiger partial charge in [-0.2, -0.15) is 0 Å². The Morgan fingerprint density at radius 2 is 0.980 bits per heavy atom. The Morgan fingerprint density at radius 3 is 1.35 bits per heavy atom. The summed E-state index contributed by atoms with van der Waals surface area (Å²) in [7, 11) is -1.42. The number of methoxy groups -OCH3 is 3. The average molecular weight is 1540 g/mol. The van der Waals surface area contributed by atoms with Gasteiger partial charge in [0.25, 0.3) is 15.6 Å². The van der Waals surface area contributed by atoms with E-state index in [4.69, 9.17) is 116 Å². The van der Waals surface area contributed by atoms with Gasteiger partial charge in [0.2, 0.25) is 0 Å². The summed E-state index contributed by atoms with van der Waals surface area (Å²) in [5.41, 5.74) is 19.1. The molecule has 2 radical (unpaired) electrons. The Morgan fingerprint density at radius 1 is 0.580 bits per heavy atom. The van der Waals surface area contributed by atoms with Crippen LogP contribution in [0.4, 0.5) is 0 Å². The molecule has 0 aromatic heterocycles. The first-order valence-corrected chi connectivity index (χ1v) is 39.2. The largest absolute Gasteiger partial charge is 0.780 e. The zero-order valence-corrected chi connectivity index (χ0v) is 64.1. The molecule has 0 amide bonds. The number of hydrogen-bond donors (Lipinski definition) is 8. The highest BCUT2D eigenvalue weighted by molar-refractivity contribution is 8.06. The third kappa shape index (κ3) is 38.6. The third-order valence-electron chi connectivity index (χ3n) is 14.2. The lowest BCUT2D eigenvalue weighted by molar-refractivity contribution is -0.229. The molecule has 100 heavy (non-hydrogen) atoms. The third-order valence-corrected chi connectivity index (χ3v) is 18.6. The van der Waals surface area contributed by atoms with Crippen molar-refractivity contribution in [2.45, 2.75) is 284 Å². The summed E-state index contributed by atoms with van der Waals surface area (Å²) in [4.78, 5) is 43.5. The fourth-order valence-corrected chi connectivity index (χ4v) is 12.6. The number of aliphatic hydroxyl groups is 4. The molecule has 33 nitrogen and oxygen atoms in total. The lowest BCUT2D eigenvalue weighted by Gasteiger charge is -2.34. The maximum atomic E-state index is 12.8. The molecule has 5 heterocycles. The minimum atomic E-state index is -4.79. The fraction of sp³-hybridized carbons (Fsp3) is 0.902. The molecule has 0 aromatic carbocycles. The van der Waals surface area contributed by atoms with Crippen molar-refractivity contribution in [2.75, 3.05) is 74.6 Å². The molecule has 0 bridgehead atoms. The molecule has 39 heteroatoms. The summed E-state index contributed by atoms with van der Waals surface area (Å²) >= 11 is 5.02. The van der Waals surface area contributed by atoms with E-state index in [1.165, 1.54) is 0 Å². The zero-order valence-electron chi connectivity index (χ0n) is 59.7. The molecule has 5 aliphatic heterocycles. The van der Waals surface area contributed by atoms with Crippen molar-refractivity contribution >= 4 is 49.6 Å². The maximum absolute atomic E-state index is 12.8. The number of rotatable bonds is 34. The zero-order chi connectivity index (χ0) is 75.5. The monoisotopic (exact) mass is 1540 g/mol. The molecule has 5 rings (SSSR count). The van der Waals surface area contributed by atoms with Gasteiger partial charge in [0, 0.05) is 34.4 Å². The Hall–Kier alpha value is -1.10. The summed E-state index contributed by atoms with van der Waals surface area (Å²) in [6, 6.07) is -0.435. The second-order valence-electron chi connectivity index (χ2n) is 23.4. The number of nitrogens with two attached hydrogens (primary N) is 2. The van der Waals surface area contributed by atoms with Crippen molar-refractivity contribution in [2.24, 2.45) is 11.5 Å². The standard InChI is InChI=1S/C18H35O9PS.C15H32NO7P.C9H19O7P.C8H15BO4.C7H8NO4P.C2H6.2CH4/c1-9(2)22-7-13-18(16(20)12(6)25-13)27-28(21,29)23-8-14-17(24-10(3)4)15(19)11(5)26-14;1-11(2)22-15-13(23-12(3)14(15)17)10-21-24(18,19)20-9-7-5-4-6-8-16;1-5(2)15-9-7(4-14-17(11,12)13)16-6(3)8(9)10;1-10-4-5-6(11-2)7(12-3)8(9)13-5;1-3-4-5-6-7(8)13(10,11-2)12-9;1-2;;/h9-20H,7-8H2,1-6H3,(H,21,29);11-15,17H,4-10,16H2,1-3H3,(H,18,19);5-10H,4H2,1-3H3,(H2,11,12,13);5-8H,4H2,1-3H3;9H,1,8H2,2H3;1-2H3;2*1H4/p-3/t11-,12-,13+,14+,15?,16?,17-,18-,28?;12-,13+,14?,15-;6-,7+,8?,9-;;;;;/m000...../s1. The Bertz CT molecular complexity index is 2540. The minimum Gasteiger partial charge on any atom is -0.780 e. The number of ether oxygens (including phenoxy) is 12. The van der Waals surface area contributed by atoms with Gasteiger partial charge in [-0.15, -0.1) is 4.67 Å². The van der Waals surface area contributed by atoms with Crippen LogP contribution in [-0.4, -0.2) is 259 Å². The highest BCUT2D eigenvalue weighted by Gasteiger charge is 2.48. The first-order valence-electron chi connectivity index (χ1n) is 32.1. The van der Waals surface area contributed by atoms with Crippen LogP contribution in [0.3, 0.4) is 0 Å². The summed E-state index contributed by atoms with van der Waals surface area (Å²) in [6.45, 7) is 25.2. The lowest BCUT2D eigenvalue weighted by Crippen LogP contribution is -2.40.